The third kappa shape index (κ3) is 4.03. The summed E-state index contributed by atoms with van der Waals surface area (Å²) in [6.45, 7) is 0.792. The van der Waals surface area contributed by atoms with Gasteiger partial charge in [0.1, 0.15) is 7.85 Å². The van der Waals surface area contributed by atoms with Crippen LogP contribution in [0.5, 0.6) is 0 Å². The average Bonchev–Trinajstić information content (AvgIpc) is 2.58. The topological polar surface area (TPSA) is 26.0 Å². The molecule has 0 aliphatic rings. The van der Waals surface area contributed by atoms with E-state index >= 15 is 0 Å². The molecule has 0 unspecified atom stereocenters. The molecule has 3 aromatic rings. The van der Waals surface area contributed by atoms with Crippen molar-refractivity contribution in [3.63, 3.8) is 0 Å². The molecule has 3 aromatic carbocycles. The number of aryl methyl sites for hydroxylation is 1. The lowest BCUT2D eigenvalue weighted by Gasteiger charge is -2.08. The summed E-state index contributed by atoms with van der Waals surface area (Å²) in [5.74, 6) is 0. The minimum Gasteiger partial charge on any atom is -0.330 e. The number of fused-ring (bicyclic) bond motifs is 1. The number of rotatable bonds is 6. The molecule has 0 aliphatic carbocycles. The minimum atomic E-state index is 0.792. The number of hydrogen-bond acceptors (Lipinski definition) is 1. The zero-order chi connectivity index (χ0) is 16.1. The summed E-state index contributed by atoms with van der Waals surface area (Å²) in [5.41, 5.74) is 10.3. The van der Waals surface area contributed by atoms with Crippen LogP contribution in [0.15, 0.2) is 60.7 Å². The second-order valence-corrected chi connectivity index (χ2v) is 6.12. The molecule has 3 rings (SSSR count). The van der Waals surface area contributed by atoms with Gasteiger partial charge in [0.05, 0.1) is 0 Å². The SMILES string of the molecule is [B]c1ccc2ccc(-c3cccc(CCCCCN)c3)cc2c1. The predicted molar refractivity (Wildman–Crippen MR) is 101 cm³/mol. The Morgan fingerprint density at radius 3 is 2.43 bits per heavy atom. The Morgan fingerprint density at radius 1 is 0.739 bits per heavy atom. The molecule has 0 bridgehead atoms. The van der Waals surface area contributed by atoms with Gasteiger partial charge in [-0.05, 0) is 59.3 Å². The molecule has 0 saturated heterocycles. The summed E-state index contributed by atoms with van der Waals surface area (Å²) in [6.07, 6.45) is 4.64. The summed E-state index contributed by atoms with van der Waals surface area (Å²) >= 11 is 0. The molecular formula is C21H22BN. The summed E-state index contributed by atoms with van der Waals surface area (Å²) in [4.78, 5) is 0. The minimum absolute atomic E-state index is 0.792. The first kappa shape index (κ1) is 15.8. The standard InChI is InChI=1S/C21H22BN/c22-21-11-10-17-8-9-19(14-20(17)15-21)18-7-4-6-16(13-18)5-2-1-3-12-23/h4,6-11,13-15H,1-3,5,12,23H2. The Balaban J connectivity index is 1.83. The Hall–Kier alpha value is -2.06. The second-order valence-electron chi connectivity index (χ2n) is 6.12. The van der Waals surface area contributed by atoms with Crippen molar-refractivity contribution in [2.45, 2.75) is 25.7 Å². The van der Waals surface area contributed by atoms with Gasteiger partial charge in [0, 0.05) is 0 Å². The molecule has 2 N–H and O–H groups in total. The van der Waals surface area contributed by atoms with Crippen LogP contribution < -0.4 is 11.2 Å². The lowest BCUT2D eigenvalue weighted by atomic mass is 9.92. The lowest BCUT2D eigenvalue weighted by molar-refractivity contribution is 0.686. The molecule has 2 heteroatoms. The van der Waals surface area contributed by atoms with E-state index in [1.807, 2.05) is 12.1 Å². The lowest BCUT2D eigenvalue weighted by Crippen LogP contribution is -1.99. The van der Waals surface area contributed by atoms with Crippen molar-refractivity contribution < 1.29 is 0 Å². The van der Waals surface area contributed by atoms with Crippen molar-refractivity contribution >= 4 is 24.1 Å². The van der Waals surface area contributed by atoms with Crippen LogP contribution in [-0.4, -0.2) is 14.4 Å². The van der Waals surface area contributed by atoms with Gasteiger partial charge in [-0.15, -0.1) is 0 Å². The maximum atomic E-state index is 5.91. The number of unbranched alkanes of at least 4 members (excludes halogenated alkanes) is 2. The van der Waals surface area contributed by atoms with Gasteiger partial charge < -0.3 is 5.73 Å². The van der Waals surface area contributed by atoms with Crippen LogP contribution in [-0.2, 0) is 6.42 Å². The van der Waals surface area contributed by atoms with Crippen LogP contribution in [0.3, 0.4) is 0 Å². The Morgan fingerprint density at radius 2 is 1.57 bits per heavy atom. The summed E-state index contributed by atoms with van der Waals surface area (Å²) in [5, 5.41) is 2.41. The second kappa shape index (κ2) is 7.48. The molecule has 0 spiro atoms. The number of hydrogen-bond donors (Lipinski definition) is 1. The normalized spacial score (nSPS) is 11.0. The zero-order valence-corrected chi connectivity index (χ0v) is 13.5. The van der Waals surface area contributed by atoms with E-state index in [9.17, 15) is 0 Å². The van der Waals surface area contributed by atoms with Gasteiger partial charge >= 0.3 is 0 Å². The van der Waals surface area contributed by atoms with Crippen LogP contribution in [0.25, 0.3) is 21.9 Å². The van der Waals surface area contributed by atoms with Gasteiger partial charge in [0.15, 0.2) is 0 Å². The molecule has 23 heavy (non-hydrogen) atoms. The monoisotopic (exact) mass is 299 g/mol. The van der Waals surface area contributed by atoms with Gasteiger partial charge in [-0.2, -0.15) is 0 Å². The third-order valence-electron chi connectivity index (χ3n) is 4.29. The molecule has 0 saturated carbocycles. The van der Waals surface area contributed by atoms with Crippen LogP contribution in [0.4, 0.5) is 0 Å². The highest BCUT2D eigenvalue weighted by atomic mass is 14.5. The fourth-order valence-corrected chi connectivity index (χ4v) is 3.00. The van der Waals surface area contributed by atoms with E-state index < -0.39 is 0 Å². The van der Waals surface area contributed by atoms with Crippen molar-refractivity contribution in [3.05, 3.63) is 66.2 Å². The van der Waals surface area contributed by atoms with Crippen LogP contribution in [0, 0.1) is 0 Å². The van der Waals surface area contributed by atoms with E-state index in [2.05, 4.69) is 48.5 Å². The third-order valence-corrected chi connectivity index (χ3v) is 4.29. The number of nitrogens with two attached hydrogens (primary N) is 1. The van der Waals surface area contributed by atoms with Gasteiger partial charge in [-0.3, -0.25) is 0 Å². The van der Waals surface area contributed by atoms with Crippen LogP contribution in [0.1, 0.15) is 24.8 Å². The van der Waals surface area contributed by atoms with Crippen LogP contribution in [0.2, 0.25) is 0 Å². The van der Waals surface area contributed by atoms with Crippen LogP contribution >= 0.6 is 0 Å². The van der Waals surface area contributed by atoms with E-state index in [4.69, 9.17) is 13.6 Å². The average molecular weight is 299 g/mol. The van der Waals surface area contributed by atoms with Gasteiger partial charge in [-0.25, -0.2) is 0 Å². The first-order chi connectivity index (χ1) is 11.3. The van der Waals surface area contributed by atoms with Crippen molar-refractivity contribution in [1.29, 1.82) is 0 Å². The van der Waals surface area contributed by atoms with Crippen molar-refractivity contribution in [2.24, 2.45) is 5.73 Å². The fourth-order valence-electron chi connectivity index (χ4n) is 3.00. The number of benzene rings is 3. The molecule has 0 heterocycles. The molecule has 114 valence electrons. The molecule has 1 nitrogen and oxygen atoms in total. The maximum absolute atomic E-state index is 5.91. The van der Waals surface area contributed by atoms with E-state index in [1.54, 1.807) is 0 Å². The molecule has 0 amide bonds. The Kier molecular flexibility index (Phi) is 5.14. The summed E-state index contributed by atoms with van der Waals surface area (Å²) in [7, 11) is 5.91. The highest BCUT2D eigenvalue weighted by molar-refractivity contribution is 6.33. The molecule has 0 fully saturated rings. The molecular weight excluding hydrogens is 277 g/mol. The van der Waals surface area contributed by atoms with E-state index in [1.165, 1.54) is 40.3 Å². The van der Waals surface area contributed by atoms with Gasteiger partial charge in [-0.1, -0.05) is 66.5 Å². The summed E-state index contributed by atoms with van der Waals surface area (Å²) < 4.78 is 0. The smallest absolute Gasteiger partial charge is 0.113 e. The van der Waals surface area contributed by atoms with E-state index in [0.717, 1.165) is 24.8 Å². The van der Waals surface area contributed by atoms with Gasteiger partial charge in [0.2, 0.25) is 0 Å². The van der Waals surface area contributed by atoms with Crippen molar-refractivity contribution in [1.82, 2.24) is 0 Å². The van der Waals surface area contributed by atoms with Crippen molar-refractivity contribution in [2.75, 3.05) is 6.54 Å². The Bertz CT molecular complexity index is 795. The fraction of sp³-hybridized carbons (Fsp3) is 0.238. The quantitative estimate of drug-likeness (QED) is 0.541. The van der Waals surface area contributed by atoms with E-state index in [0.29, 0.717) is 0 Å². The van der Waals surface area contributed by atoms with Crippen molar-refractivity contribution in [3.8, 4) is 11.1 Å². The van der Waals surface area contributed by atoms with E-state index in [-0.39, 0.29) is 0 Å². The molecule has 2 radical (unpaired) electrons. The van der Waals surface area contributed by atoms with Gasteiger partial charge in [0.25, 0.3) is 0 Å². The maximum Gasteiger partial charge on any atom is 0.113 e. The largest absolute Gasteiger partial charge is 0.330 e. The predicted octanol–water partition coefficient (Wildman–Crippen LogP) is 3.97. The molecule has 0 aromatic heterocycles. The first-order valence-corrected chi connectivity index (χ1v) is 8.35. The highest BCUT2D eigenvalue weighted by Crippen LogP contribution is 2.25. The molecule has 0 aliphatic heterocycles. The molecule has 0 atom stereocenters. The highest BCUT2D eigenvalue weighted by Gasteiger charge is 2.02. The zero-order valence-electron chi connectivity index (χ0n) is 13.5. The Labute approximate surface area is 139 Å². The summed E-state index contributed by atoms with van der Waals surface area (Å²) in [6, 6.07) is 21.5. The first-order valence-electron chi connectivity index (χ1n) is 8.35.